The van der Waals surface area contributed by atoms with Crippen LogP contribution in [0.2, 0.25) is 0 Å². The minimum Gasteiger partial charge on any atom is -0.392 e. The summed E-state index contributed by atoms with van der Waals surface area (Å²) in [7, 11) is 0. The van der Waals surface area contributed by atoms with E-state index in [1.54, 1.807) is 0 Å². The molecular formula is C15H23NO. The molecule has 2 rings (SSSR count). The number of aryl methyl sites for hydroxylation is 1. The summed E-state index contributed by atoms with van der Waals surface area (Å²) >= 11 is 0. The van der Waals surface area contributed by atoms with Crippen LogP contribution in [0, 0.1) is 6.92 Å². The molecule has 0 atom stereocenters. The quantitative estimate of drug-likeness (QED) is 0.847. The fourth-order valence-corrected chi connectivity index (χ4v) is 2.64. The van der Waals surface area contributed by atoms with Crippen LogP contribution < -0.4 is 4.90 Å². The van der Waals surface area contributed by atoms with Crippen LogP contribution >= 0.6 is 0 Å². The van der Waals surface area contributed by atoms with Crippen LogP contribution in [-0.2, 0) is 6.61 Å². The highest BCUT2D eigenvalue weighted by Crippen LogP contribution is 2.24. The van der Waals surface area contributed by atoms with E-state index < -0.39 is 0 Å². The molecular weight excluding hydrogens is 210 g/mol. The minimum atomic E-state index is 0.146. The highest BCUT2D eigenvalue weighted by molar-refractivity contribution is 5.54. The number of aliphatic hydroxyl groups is 1. The van der Waals surface area contributed by atoms with Gasteiger partial charge in [0.05, 0.1) is 6.61 Å². The van der Waals surface area contributed by atoms with Crippen molar-refractivity contribution in [1.29, 1.82) is 0 Å². The zero-order valence-corrected chi connectivity index (χ0v) is 10.8. The standard InChI is InChI=1S/C15H23NO/c1-13-7-8-15(14(11-13)12-17)16-9-5-3-2-4-6-10-16/h7-8,11,17H,2-6,9-10,12H2,1H3. The lowest BCUT2D eigenvalue weighted by Gasteiger charge is -2.28. The van der Waals surface area contributed by atoms with Crippen molar-refractivity contribution >= 4 is 5.69 Å². The molecule has 0 unspecified atom stereocenters. The van der Waals surface area contributed by atoms with E-state index in [0.29, 0.717) is 0 Å². The van der Waals surface area contributed by atoms with E-state index in [-0.39, 0.29) is 6.61 Å². The third-order valence-electron chi connectivity index (χ3n) is 3.60. The topological polar surface area (TPSA) is 23.5 Å². The lowest BCUT2D eigenvalue weighted by Crippen LogP contribution is -2.28. The highest BCUT2D eigenvalue weighted by Gasteiger charge is 2.12. The maximum atomic E-state index is 9.47. The van der Waals surface area contributed by atoms with Crippen molar-refractivity contribution in [3.05, 3.63) is 29.3 Å². The van der Waals surface area contributed by atoms with Crippen molar-refractivity contribution in [3.63, 3.8) is 0 Å². The molecule has 94 valence electrons. The van der Waals surface area contributed by atoms with Crippen molar-refractivity contribution < 1.29 is 5.11 Å². The average molecular weight is 233 g/mol. The highest BCUT2D eigenvalue weighted by atomic mass is 16.3. The van der Waals surface area contributed by atoms with Gasteiger partial charge in [0.2, 0.25) is 0 Å². The summed E-state index contributed by atoms with van der Waals surface area (Å²) in [5.41, 5.74) is 3.54. The summed E-state index contributed by atoms with van der Waals surface area (Å²) in [5, 5.41) is 9.47. The van der Waals surface area contributed by atoms with Gasteiger partial charge in [-0.2, -0.15) is 0 Å². The van der Waals surface area contributed by atoms with E-state index in [1.807, 2.05) is 0 Å². The van der Waals surface area contributed by atoms with Gasteiger partial charge in [-0.15, -0.1) is 0 Å². The Kier molecular flexibility index (Phi) is 4.43. The molecule has 1 aliphatic heterocycles. The zero-order chi connectivity index (χ0) is 12.1. The molecule has 0 bridgehead atoms. The van der Waals surface area contributed by atoms with Gasteiger partial charge in [0, 0.05) is 24.3 Å². The van der Waals surface area contributed by atoms with Gasteiger partial charge < -0.3 is 10.0 Å². The number of hydrogen-bond acceptors (Lipinski definition) is 2. The fourth-order valence-electron chi connectivity index (χ4n) is 2.64. The van der Waals surface area contributed by atoms with Crippen molar-refractivity contribution in [2.75, 3.05) is 18.0 Å². The van der Waals surface area contributed by atoms with Crippen molar-refractivity contribution in [2.24, 2.45) is 0 Å². The van der Waals surface area contributed by atoms with Crippen LogP contribution in [0.15, 0.2) is 18.2 Å². The Balaban J connectivity index is 2.18. The monoisotopic (exact) mass is 233 g/mol. The minimum absolute atomic E-state index is 0.146. The summed E-state index contributed by atoms with van der Waals surface area (Å²) < 4.78 is 0. The van der Waals surface area contributed by atoms with Gasteiger partial charge in [0.15, 0.2) is 0 Å². The zero-order valence-electron chi connectivity index (χ0n) is 10.8. The van der Waals surface area contributed by atoms with Gasteiger partial charge in [0.25, 0.3) is 0 Å². The normalized spacial score (nSPS) is 17.6. The van der Waals surface area contributed by atoms with Gasteiger partial charge in [-0.1, -0.05) is 37.0 Å². The van der Waals surface area contributed by atoms with Crippen LogP contribution in [-0.4, -0.2) is 18.2 Å². The first kappa shape index (κ1) is 12.4. The molecule has 1 saturated heterocycles. The maximum Gasteiger partial charge on any atom is 0.0702 e. The molecule has 1 aromatic rings. The van der Waals surface area contributed by atoms with Crippen LogP contribution in [0.3, 0.4) is 0 Å². The number of hydrogen-bond donors (Lipinski definition) is 1. The fraction of sp³-hybridized carbons (Fsp3) is 0.600. The summed E-state index contributed by atoms with van der Waals surface area (Å²) in [6.45, 7) is 4.50. The van der Waals surface area contributed by atoms with Crippen LogP contribution in [0.4, 0.5) is 5.69 Å². The average Bonchev–Trinajstić information content (AvgIpc) is 2.29. The molecule has 2 nitrogen and oxygen atoms in total. The molecule has 0 amide bonds. The largest absolute Gasteiger partial charge is 0.392 e. The molecule has 0 spiro atoms. The second kappa shape index (κ2) is 6.06. The molecule has 1 heterocycles. The molecule has 1 aliphatic rings. The van der Waals surface area contributed by atoms with Crippen molar-refractivity contribution in [3.8, 4) is 0 Å². The molecule has 0 radical (unpaired) electrons. The third kappa shape index (κ3) is 3.22. The lowest BCUT2D eigenvalue weighted by molar-refractivity contribution is 0.282. The van der Waals surface area contributed by atoms with Crippen molar-refractivity contribution in [2.45, 2.75) is 45.6 Å². The number of benzene rings is 1. The molecule has 2 heteroatoms. The van der Waals surface area contributed by atoms with Crippen molar-refractivity contribution in [1.82, 2.24) is 0 Å². The molecule has 17 heavy (non-hydrogen) atoms. The predicted octanol–water partition coefficient (Wildman–Crippen LogP) is 3.26. The van der Waals surface area contributed by atoms with E-state index in [0.717, 1.165) is 18.7 Å². The van der Waals surface area contributed by atoms with E-state index in [1.165, 1.54) is 43.4 Å². The number of aliphatic hydroxyl groups excluding tert-OH is 1. The molecule has 1 N–H and O–H groups in total. The van der Waals surface area contributed by atoms with Crippen LogP contribution in [0.25, 0.3) is 0 Å². The van der Waals surface area contributed by atoms with E-state index in [9.17, 15) is 5.11 Å². The van der Waals surface area contributed by atoms with Gasteiger partial charge in [-0.3, -0.25) is 0 Å². The summed E-state index contributed by atoms with van der Waals surface area (Å²) in [6, 6.07) is 6.42. The molecule has 0 aliphatic carbocycles. The molecule has 0 aromatic heterocycles. The molecule has 1 fully saturated rings. The Morgan fingerprint density at radius 2 is 1.71 bits per heavy atom. The summed E-state index contributed by atoms with van der Waals surface area (Å²) in [6.07, 6.45) is 6.62. The first-order valence-electron chi connectivity index (χ1n) is 6.76. The Bertz CT molecular complexity index is 354. The van der Waals surface area contributed by atoms with E-state index in [4.69, 9.17) is 0 Å². The molecule has 1 aromatic carbocycles. The number of nitrogens with zero attached hydrogens (tertiary/aromatic N) is 1. The Morgan fingerprint density at radius 3 is 2.35 bits per heavy atom. The van der Waals surface area contributed by atoms with Crippen LogP contribution in [0.5, 0.6) is 0 Å². The Labute approximate surface area is 104 Å². The lowest BCUT2D eigenvalue weighted by atomic mass is 10.0. The first-order valence-corrected chi connectivity index (χ1v) is 6.76. The third-order valence-corrected chi connectivity index (χ3v) is 3.60. The van der Waals surface area contributed by atoms with Crippen LogP contribution in [0.1, 0.15) is 43.2 Å². The SMILES string of the molecule is Cc1ccc(N2CCCCCCC2)c(CO)c1. The summed E-state index contributed by atoms with van der Waals surface area (Å²) in [4.78, 5) is 2.45. The number of rotatable bonds is 2. The predicted molar refractivity (Wildman–Crippen MR) is 72.4 cm³/mol. The summed E-state index contributed by atoms with van der Waals surface area (Å²) in [5.74, 6) is 0. The second-order valence-corrected chi connectivity index (χ2v) is 5.05. The van der Waals surface area contributed by atoms with E-state index in [2.05, 4.69) is 30.0 Å². The van der Waals surface area contributed by atoms with Gasteiger partial charge in [0.1, 0.15) is 0 Å². The van der Waals surface area contributed by atoms with Gasteiger partial charge >= 0.3 is 0 Å². The van der Waals surface area contributed by atoms with Gasteiger partial charge in [-0.25, -0.2) is 0 Å². The smallest absolute Gasteiger partial charge is 0.0702 e. The van der Waals surface area contributed by atoms with Gasteiger partial charge in [-0.05, 0) is 25.8 Å². The van der Waals surface area contributed by atoms with E-state index >= 15 is 0 Å². The first-order chi connectivity index (χ1) is 8.31. The Hall–Kier alpha value is -1.02. The molecule has 0 saturated carbocycles. The maximum absolute atomic E-state index is 9.47. The number of anilines is 1. The Morgan fingerprint density at radius 1 is 1.06 bits per heavy atom. The second-order valence-electron chi connectivity index (χ2n) is 5.05.